The van der Waals surface area contributed by atoms with Gasteiger partial charge in [0.1, 0.15) is 5.75 Å². The number of aliphatic hydroxyl groups is 1. The molecular formula is C18H28N2O3. The molecule has 2 N–H and O–H groups in total. The maximum absolute atomic E-state index is 12.5. The van der Waals surface area contributed by atoms with Crippen molar-refractivity contribution in [3.05, 3.63) is 29.8 Å². The number of hydrogen-bond acceptors (Lipinski definition) is 3. The van der Waals surface area contributed by atoms with Crippen LogP contribution in [0.5, 0.6) is 5.75 Å². The topological polar surface area (TPSA) is 61.8 Å². The van der Waals surface area contributed by atoms with Crippen LogP contribution in [0.2, 0.25) is 0 Å². The normalized spacial score (nSPS) is 20.7. The number of benzene rings is 1. The maximum atomic E-state index is 12.5. The minimum absolute atomic E-state index is 0.0136. The lowest BCUT2D eigenvalue weighted by atomic mass is 9.93. The van der Waals surface area contributed by atoms with E-state index in [1.807, 2.05) is 29.2 Å². The number of ether oxygens (including phenoxy) is 1. The highest BCUT2D eigenvalue weighted by Crippen LogP contribution is 2.23. The summed E-state index contributed by atoms with van der Waals surface area (Å²) in [5.41, 5.74) is 1.07. The molecule has 5 heteroatoms. The predicted octanol–water partition coefficient (Wildman–Crippen LogP) is 2.95. The van der Waals surface area contributed by atoms with Crippen molar-refractivity contribution in [2.45, 2.75) is 45.3 Å². The van der Waals surface area contributed by atoms with E-state index < -0.39 is 0 Å². The molecule has 1 fully saturated rings. The minimum atomic E-state index is -0.367. The quantitative estimate of drug-likeness (QED) is 0.877. The van der Waals surface area contributed by atoms with Gasteiger partial charge in [-0.2, -0.15) is 0 Å². The summed E-state index contributed by atoms with van der Waals surface area (Å²) in [6, 6.07) is 7.74. The van der Waals surface area contributed by atoms with E-state index in [9.17, 15) is 9.90 Å². The Labute approximate surface area is 138 Å². The van der Waals surface area contributed by atoms with Gasteiger partial charge < -0.3 is 20.1 Å². The number of nitrogens with one attached hydrogen (secondary N) is 1. The van der Waals surface area contributed by atoms with Gasteiger partial charge in [0.2, 0.25) is 0 Å². The lowest BCUT2D eigenvalue weighted by Crippen LogP contribution is -2.48. The summed E-state index contributed by atoms with van der Waals surface area (Å²) in [5.74, 6) is 0.987. The van der Waals surface area contributed by atoms with Crippen molar-refractivity contribution in [2.75, 3.05) is 20.2 Å². The highest BCUT2D eigenvalue weighted by Gasteiger charge is 2.27. The second-order valence-electron chi connectivity index (χ2n) is 6.27. The summed E-state index contributed by atoms with van der Waals surface area (Å²) < 4.78 is 5.17. The first-order valence-electron chi connectivity index (χ1n) is 8.42. The molecule has 5 nitrogen and oxygen atoms in total. The predicted molar refractivity (Wildman–Crippen MR) is 90.5 cm³/mol. The smallest absolute Gasteiger partial charge is 0.317 e. The first-order chi connectivity index (χ1) is 11.0. The second-order valence-corrected chi connectivity index (χ2v) is 6.27. The largest absolute Gasteiger partial charge is 0.497 e. The first kappa shape index (κ1) is 17.6. The standard InChI is InChI=1S/C18H28N2O3/c1-4-17(14-7-9-16(23-3)10-8-14)19-18(22)20-11-5-6-15(12-20)13(2)21/h7-10,13,15,17,21H,4-6,11-12H2,1-3H3,(H,19,22). The third kappa shape index (κ3) is 4.61. The van der Waals surface area contributed by atoms with Gasteiger partial charge in [0.25, 0.3) is 0 Å². The molecule has 3 unspecified atom stereocenters. The maximum Gasteiger partial charge on any atom is 0.317 e. The number of urea groups is 1. The van der Waals surface area contributed by atoms with Gasteiger partial charge in [-0.3, -0.25) is 0 Å². The number of piperidine rings is 1. The molecule has 0 radical (unpaired) electrons. The molecule has 1 saturated heterocycles. The van der Waals surface area contributed by atoms with Crippen LogP contribution >= 0.6 is 0 Å². The van der Waals surface area contributed by atoms with E-state index in [0.29, 0.717) is 6.54 Å². The molecule has 2 rings (SSSR count). The number of hydrogen-bond donors (Lipinski definition) is 2. The molecular weight excluding hydrogens is 292 g/mol. The Morgan fingerprint density at radius 2 is 2.13 bits per heavy atom. The van der Waals surface area contributed by atoms with Gasteiger partial charge >= 0.3 is 6.03 Å². The molecule has 23 heavy (non-hydrogen) atoms. The van der Waals surface area contributed by atoms with E-state index in [-0.39, 0.29) is 24.1 Å². The van der Waals surface area contributed by atoms with Gasteiger partial charge in [-0.05, 0) is 43.9 Å². The van der Waals surface area contributed by atoms with Gasteiger partial charge in [0.15, 0.2) is 0 Å². The number of likely N-dealkylation sites (tertiary alicyclic amines) is 1. The van der Waals surface area contributed by atoms with Crippen LogP contribution in [0, 0.1) is 5.92 Å². The van der Waals surface area contributed by atoms with E-state index in [0.717, 1.165) is 37.1 Å². The number of amides is 2. The van der Waals surface area contributed by atoms with Crippen LogP contribution in [0.4, 0.5) is 4.79 Å². The Bertz CT molecular complexity index is 501. The number of nitrogens with zero attached hydrogens (tertiary/aromatic N) is 1. The summed E-state index contributed by atoms with van der Waals surface area (Å²) in [6.45, 7) is 5.25. The van der Waals surface area contributed by atoms with Crippen LogP contribution in [0.25, 0.3) is 0 Å². The van der Waals surface area contributed by atoms with Gasteiger partial charge in [-0.1, -0.05) is 19.1 Å². The van der Waals surface area contributed by atoms with Crippen LogP contribution < -0.4 is 10.1 Å². The lowest BCUT2D eigenvalue weighted by Gasteiger charge is -2.35. The number of carbonyl (C=O) groups excluding carboxylic acids is 1. The highest BCUT2D eigenvalue weighted by atomic mass is 16.5. The van der Waals surface area contributed by atoms with Crippen molar-refractivity contribution in [3.63, 3.8) is 0 Å². The zero-order valence-electron chi connectivity index (χ0n) is 14.3. The molecule has 128 valence electrons. The summed E-state index contributed by atoms with van der Waals surface area (Å²) in [4.78, 5) is 14.4. The fourth-order valence-electron chi connectivity index (χ4n) is 3.09. The van der Waals surface area contributed by atoms with E-state index in [2.05, 4.69) is 12.2 Å². The van der Waals surface area contributed by atoms with Gasteiger partial charge in [0, 0.05) is 19.0 Å². The number of methoxy groups -OCH3 is 1. The third-order valence-corrected chi connectivity index (χ3v) is 4.65. The Morgan fingerprint density at radius 3 is 2.70 bits per heavy atom. The average Bonchev–Trinajstić information content (AvgIpc) is 2.59. The van der Waals surface area contributed by atoms with E-state index >= 15 is 0 Å². The molecule has 0 saturated carbocycles. The number of aliphatic hydroxyl groups excluding tert-OH is 1. The SMILES string of the molecule is CCC(NC(=O)N1CCCC(C(C)O)C1)c1ccc(OC)cc1. The Hall–Kier alpha value is -1.75. The summed E-state index contributed by atoms with van der Waals surface area (Å²) in [6.07, 6.45) is 2.39. The van der Waals surface area contributed by atoms with E-state index in [4.69, 9.17) is 4.74 Å². The summed E-state index contributed by atoms with van der Waals surface area (Å²) in [5, 5.41) is 12.9. The fourth-order valence-corrected chi connectivity index (χ4v) is 3.09. The van der Waals surface area contributed by atoms with Crippen LogP contribution in [0.1, 0.15) is 44.7 Å². The molecule has 1 aromatic rings. The van der Waals surface area contributed by atoms with Crippen LogP contribution in [0.3, 0.4) is 0 Å². The van der Waals surface area contributed by atoms with Crippen molar-refractivity contribution in [1.29, 1.82) is 0 Å². The van der Waals surface area contributed by atoms with Gasteiger partial charge in [0.05, 0.1) is 19.3 Å². The zero-order chi connectivity index (χ0) is 16.8. The monoisotopic (exact) mass is 320 g/mol. The van der Waals surface area contributed by atoms with Crippen LogP contribution in [-0.2, 0) is 0 Å². The molecule has 0 bridgehead atoms. The minimum Gasteiger partial charge on any atom is -0.497 e. The van der Waals surface area contributed by atoms with Crippen molar-refractivity contribution < 1.29 is 14.6 Å². The molecule has 2 amide bonds. The zero-order valence-corrected chi connectivity index (χ0v) is 14.3. The fraction of sp³-hybridized carbons (Fsp3) is 0.611. The number of rotatable bonds is 5. The molecule has 1 aromatic carbocycles. The van der Waals surface area contributed by atoms with E-state index in [1.165, 1.54) is 0 Å². The summed E-state index contributed by atoms with van der Waals surface area (Å²) in [7, 11) is 1.64. The van der Waals surface area contributed by atoms with Gasteiger partial charge in [-0.15, -0.1) is 0 Å². The lowest BCUT2D eigenvalue weighted by molar-refractivity contribution is 0.0732. The molecule has 3 atom stereocenters. The Balaban J connectivity index is 1.98. The average molecular weight is 320 g/mol. The Kier molecular flexibility index (Phi) is 6.28. The van der Waals surface area contributed by atoms with E-state index in [1.54, 1.807) is 14.0 Å². The van der Waals surface area contributed by atoms with Crippen molar-refractivity contribution in [3.8, 4) is 5.75 Å². The number of carbonyl (C=O) groups is 1. The molecule has 0 aliphatic carbocycles. The molecule has 0 aromatic heterocycles. The van der Waals surface area contributed by atoms with Crippen molar-refractivity contribution in [1.82, 2.24) is 10.2 Å². The van der Waals surface area contributed by atoms with Gasteiger partial charge in [-0.25, -0.2) is 4.79 Å². The first-order valence-corrected chi connectivity index (χ1v) is 8.42. The van der Waals surface area contributed by atoms with Crippen LogP contribution in [-0.4, -0.2) is 42.3 Å². The highest BCUT2D eigenvalue weighted by molar-refractivity contribution is 5.74. The molecule has 1 heterocycles. The summed E-state index contributed by atoms with van der Waals surface area (Å²) >= 11 is 0. The van der Waals surface area contributed by atoms with Crippen molar-refractivity contribution in [2.24, 2.45) is 5.92 Å². The molecule has 1 aliphatic rings. The Morgan fingerprint density at radius 1 is 1.43 bits per heavy atom. The molecule has 1 aliphatic heterocycles. The van der Waals surface area contributed by atoms with Crippen molar-refractivity contribution >= 4 is 6.03 Å². The second kappa shape index (κ2) is 8.20. The third-order valence-electron chi connectivity index (χ3n) is 4.65. The van der Waals surface area contributed by atoms with Crippen LogP contribution in [0.15, 0.2) is 24.3 Å². The molecule has 0 spiro atoms.